The molecule has 1 heterocycles. The Morgan fingerprint density at radius 1 is 1.40 bits per heavy atom. The zero-order valence-corrected chi connectivity index (χ0v) is 9.54. The largest absolute Gasteiger partial charge is 0.394 e. The molecule has 0 aromatic heterocycles. The first-order valence-electron chi connectivity index (χ1n) is 5.40. The maximum Gasteiger partial charge on any atom is 0.0626 e. The molecule has 1 aliphatic heterocycles. The van der Waals surface area contributed by atoms with Crippen LogP contribution in [-0.4, -0.2) is 29.3 Å². The standard InChI is InChI=1S/C12H17NOS/c14-8-12(10-4-2-1-3-5-10)13-11-6-7-15-9-11/h1-5,11-14H,6-9H2/t11-,12+/m1/s1. The summed E-state index contributed by atoms with van der Waals surface area (Å²) in [6, 6.07) is 10.8. The minimum atomic E-state index is 0.0925. The fourth-order valence-corrected chi connectivity index (χ4v) is 3.06. The predicted octanol–water partition coefficient (Wildman–Crippen LogP) is 1.82. The molecule has 0 unspecified atom stereocenters. The summed E-state index contributed by atoms with van der Waals surface area (Å²) >= 11 is 1.99. The van der Waals surface area contributed by atoms with Crippen LogP contribution in [-0.2, 0) is 0 Å². The molecular formula is C12H17NOS. The molecule has 1 saturated heterocycles. The third-order valence-corrected chi connectivity index (χ3v) is 3.91. The summed E-state index contributed by atoms with van der Waals surface area (Å²) in [6.45, 7) is 0.172. The van der Waals surface area contributed by atoms with Crippen LogP contribution in [0.2, 0.25) is 0 Å². The smallest absolute Gasteiger partial charge is 0.0626 e. The van der Waals surface area contributed by atoms with Crippen LogP contribution >= 0.6 is 11.8 Å². The van der Waals surface area contributed by atoms with Crippen LogP contribution in [0.4, 0.5) is 0 Å². The molecule has 0 spiro atoms. The fourth-order valence-electron chi connectivity index (χ4n) is 1.89. The van der Waals surface area contributed by atoms with Gasteiger partial charge in [-0.2, -0.15) is 11.8 Å². The third kappa shape index (κ3) is 2.97. The van der Waals surface area contributed by atoms with E-state index in [1.807, 2.05) is 30.0 Å². The van der Waals surface area contributed by atoms with Gasteiger partial charge in [0.1, 0.15) is 0 Å². The number of nitrogens with one attached hydrogen (secondary N) is 1. The molecule has 15 heavy (non-hydrogen) atoms. The lowest BCUT2D eigenvalue weighted by molar-refractivity contribution is 0.236. The van der Waals surface area contributed by atoms with Gasteiger partial charge in [-0.05, 0) is 17.7 Å². The van der Waals surface area contributed by atoms with Crippen molar-refractivity contribution in [3.8, 4) is 0 Å². The van der Waals surface area contributed by atoms with Gasteiger partial charge in [0.2, 0.25) is 0 Å². The number of rotatable bonds is 4. The second-order valence-electron chi connectivity index (χ2n) is 3.87. The minimum absolute atomic E-state index is 0.0925. The summed E-state index contributed by atoms with van der Waals surface area (Å²) in [5.41, 5.74) is 1.18. The van der Waals surface area contributed by atoms with E-state index in [2.05, 4.69) is 17.4 Å². The molecule has 2 N–H and O–H groups in total. The maximum absolute atomic E-state index is 9.37. The van der Waals surface area contributed by atoms with E-state index in [1.54, 1.807) is 0 Å². The van der Waals surface area contributed by atoms with E-state index < -0.39 is 0 Å². The van der Waals surface area contributed by atoms with Crippen LogP contribution < -0.4 is 5.32 Å². The van der Waals surface area contributed by atoms with Gasteiger partial charge in [-0.25, -0.2) is 0 Å². The number of hydrogen-bond donors (Lipinski definition) is 2. The molecule has 2 atom stereocenters. The number of aliphatic hydroxyl groups is 1. The Balaban J connectivity index is 1.97. The number of thioether (sulfide) groups is 1. The van der Waals surface area contributed by atoms with Gasteiger partial charge in [-0.3, -0.25) is 0 Å². The monoisotopic (exact) mass is 223 g/mol. The molecule has 2 rings (SSSR count). The average Bonchev–Trinajstić information content (AvgIpc) is 2.80. The van der Waals surface area contributed by atoms with Crippen molar-refractivity contribution < 1.29 is 5.11 Å². The van der Waals surface area contributed by atoms with Crippen molar-refractivity contribution in [3.05, 3.63) is 35.9 Å². The SMILES string of the molecule is OC[C@H](N[C@@H]1CCSC1)c1ccccc1. The van der Waals surface area contributed by atoms with Gasteiger partial charge < -0.3 is 10.4 Å². The molecule has 2 nitrogen and oxygen atoms in total. The van der Waals surface area contributed by atoms with E-state index in [0.717, 1.165) is 0 Å². The van der Waals surface area contributed by atoms with Crippen molar-refractivity contribution in [1.82, 2.24) is 5.32 Å². The van der Waals surface area contributed by atoms with Crippen LogP contribution in [0.5, 0.6) is 0 Å². The van der Waals surface area contributed by atoms with Gasteiger partial charge in [0.15, 0.2) is 0 Å². The summed E-state index contributed by atoms with van der Waals surface area (Å²) in [6.07, 6.45) is 1.22. The quantitative estimate of drug-likeness (QED) is 0.816. The third-order valence-electron chi connectivity index (χ3n) is 2.75. The predicted molar refractivity (Wildman–Crippen MR) is 65.1 cm³/mol. The fraction of sp³-hybridized carbons (Fsp3) is 0.500. The topological polar surface area (TPSA) is 32.3 Å². The Kier molecular flexibility index (Phi) is 4.06. The highest BCUT2D eigenvalue weighted by Gasteiger charge is 2.19. The van der Waals surface area contributed by atoms with E-state index >= 15 is 0 Å². The summed E-state index contributed by atoms with van der Waals surface area (Å²) < 4.78 is 0. The molecule has 0 saturated carbocycles. The Labute approximate surface area is 95.1 Å². The molecule has 0 bridgehead atoms. The van der Waals surface area contributed by atoms with E-state index in [1.165, 1.54) is 23.5 Å². The molecule has 0 radical (unpaired) electrons. The molecule has 1 aromatic carbocycles. The van der Waals surface area contributed by atoms with Crippen LogP contribution in [0.1, 0.15) is 18.0 Å². The number of hydrogen-bond acceptors (Lipinski definition) is 3. The second kappa shape index (κ2) is 5.54. The zero-order valence-electron chi connectivity index (χ0n) is 8.73. The first-order chi connectivity index (χ1) is 7.40. The summed E-state index contributed by atoms with van der Waals surface area (Å²) in [5, 5.41) is 12.9. The van der Waals surface area contributed by atoms with Crippen molar-refractivity contribution in [2.24, 2.45) is 0 Å². The van der Waals surface area contributed by atoms with Gasteiger partial charge in [0.25, 0.3) is 0 Å². The molecule has 82 valence electrons. The highest BCUT2D eigenvalue weighted by molar-refractivity contribution is 7.99. The summed E-state index contributed by atoms with van der Waals surface area (Å²) in [5.74, 6) is 2.41. The second-order valence-corrected chi connectivity index (χ2v) is 5.02. The minimum Gasteiger partial charge on any atom is -0.394 e. The van der Waals surface area contributed by atoms with E-state index in [-0.39, 0.29) is 12.6 Å². The molecule has 1 aliphatic rings. The van der Waals surface area contributed by atoms with E-state index in [9.17, 15) is 5.11 Å². The van der Waals surface area contributed by atoms with Gasteiger partial charge in [0.05, 0.1) is 12.6 Å². The van der Waals surface area contributed by atoms with Gasteiger partial charge in [-0.15, -0.1) is 0 Å². The molecule has 1 fully saturated rings. The molecule has 0 aliphatic carbocycles. The summed E-state index contributed by atoms with van der Waals surface area (Å²) in [7, 11) is 0. The van der Waals surface area contributed by atoms with Gasteiger partial charge >= 0.3 is 0 Å². The van der Waals surface area contributed by atoms with Crippen LogP contribution in [0.25, 0.3) is 0 Å². The van der Waals surface area contributed by atoms with Crippen LogP contribution in [0, 0.1) is 0 Å². The van der Waals surface area contributed by atoms with Gasteiger partial charge in [-0.1, -0.05) is 30.3 Å². The Bertz CT molecular complexity index is 285. The zero-order chi connectivity index (χ0) is 10.5. The van der Waals surface area contributed by atoms with Crippen molar-refractivity contribution in [3.63, 3.8) is 0 Å². The highest BCUT2D eigenvalue weighted by Crippen LogP contribution is 2.21. The molecule has 3 heteroatoms. The van der Waals surface area contributed by atoms with E-state index in [4.69, 9.17) is 0 Å². The average molecular weight is 223 g/mol. The highest BCUT2D eigenvalue weighted by atomic mass is 32.2. The van der Waals surface area contributed by atoms with E-state index in [0.29, 0.717) is 6.04 Å². The van der Waals surface area contributed by atoms with Crippen molar-refractivity contribution >= 4 is 11.8 Å². The van der Waals surface area contributed by atoms with Crippen molar-refractivity contribution in [1.29, 1.82) is 0 Å². The van der Waals surface area contributed by atoms with Gasteiger partial charge in [0, 0.05) is 11.8 Å². The Morgan fingerprint density at radius 2 is 2.20 bits per heavy atom. The lowest BCUT2D eigenvalue weighted by Gasteiger charge is -2.20. The van der Waals surface area contributed by atoms with Crippen LogP contribution in [0.3, 0.4) is 0 Å². The van der Waals surface area contributed by atoms with Crippen LogP contribution in [0.15, 0.2) is 30.3 Å². The lowest BCUT2D eigenvalue weighted by atomic mass is 10.1. The summed E-state index contributed by atoms with van der Waals surface area (Å²) in [4.78, 5) is 0. The molecule has 1 aromatic rings. The normalized spacial score (nSPS) is 22.9. The maximum atomic E-state index is 9.37. The van der Waals surface area contributed by atoms with Crippen molar-refractivity contribution in [2.75, 3.05) is 18.1 Å². The molecule has 0 amide bonds. The lowest BCUT2D eigenvalue weighted by Crippen LogP contribution is -2.34. The first-order valence-corrected chi connectivity index (χ1v) is 6.55. The Morgan fingerprint density at radius 3 is 2.80 bits per heavy atom. The molecular weight excluding hydrogens is 206 g/mol. The number of aliphatic hydroxyl groups excluding tert-OH is 1. The van der Waals surface area contributed by atoms with Crippen molar-refractivity contribution in [2.45, 2.75) is 18.5 Å². The number of benzene rings is 1. The Hall–Kier alpha value is -0.510. The first kappa shape index (κ1) is 11.0.